The van der Waals surface area contributed by atoms with E-state index in [0.717, 1.165) is 14.7 Å². The van der Waals surface area contributed by atoms with Crippen LogP contribution in [0, 0.1) is 0 Å². The van der Waals surface area contributed by atoms with Crippen LogP contribution < -0.4 is 10.6 Å². The van der Waals surface area contributed by atoms with E-state index in [-0.39, 0.29) is 5.91 Å². The number of para-hydroxylation sites is 1. The molecule has 0 radical (unpaired) electrons. The van der Waals surface area contributed by atoms with Crippen LogP contribution >= 0.6 is 27.3 Å². The number of rotatable bonds is 3. The van der Waals surface area contributed by atoms with E-state index in [0.29, 0.717) is 16.5 Å². The Kier molecular flexibility index (Phi) is 3.85. The summed E-state index contributed by atoms with van der Waals surface area (Å²) in [6, 6.07) is 9.29. The fourth-order valence-electron chi connectivity index (χ4n) is 1.97. The van der Waals surface area contributed by atoms with Gasteiger partial charge in [0.1, 0.15) is 5.82 Å². The van der Waals surface area contributed by atoms with Gasteiger partial charge in [-0.3, -0.25) is 10.1 Å². The number of hydrogen-bond donors (Lipinski definition) is 2. The van der Waals surface area contributed by atoms with Crippen LogP contribution in [0.25, 0.3) is 10.9 Å². The van der Waals surface area contributed by atoms with Crippen molar-refractivity contribution in [3.05, 3.63) is 45.9 Å². The van der Waals surface area contributed by atoms with E-state index in [2.05, 4.69) is 36.5 Å². The standard InChI is InChI=1S/C14H11BrN4OS/c1-16-12-6-9(8-4-2-3-5-10(8)18-12)13(20)19-14-17-7-11(15)21-14/h2-7H,1H3,(H,16,18)(H,17,19,20). The molecule has 0 atom stereocenters. The topological polar surface area (TPSA) is 66.9 Å². The smallest absolute Gasteiger partial charge is 0.258 e. The Bertz CT molecular complexity index is 818. The number of nitrogens with zero attached hydrogens (tertiary/aromatic N) is 2. The third-order valence-electron chi connectivity index (χ3n) is 2.91. The van der Waals surface area contributed by atoms with E-state index in [4.69, 9.17) is 0 Å². The Hall–Kier alpha value is -1.99. The van der Waals surface area contributed by atoms with Gasteiger partial charge in [-0.2, -0.15) is 0 Å². The molecule has 0 aliphatic rings. The summed E-state index contributed by atoms with van der Waals surface area (Å²) >= 11 is 4.69. The minimum absolute atomic E-state index is 0.202. The van der Waals surface area contributed by atoms with Crippen molar-refractivity contribution >= 4 is 55.0 Å². The summed E-state index contributed by atoms with van der Waals surface area (Å²) in [6.45, 7) is 0. The highest BCUT2D eigenvalue weighted by atomic mass is 79.9. The predicted octanol–water partition coefficient (Wildman–Crippen LogP) is 3.75. The summed E-state index contributed by atoms with van der Waals surface area (Å²) in [4.78, 5) is 21.0. The number of fused-ring (bicyclic) bond motifs is 1. The molecule has 3 rings (SSSR count). The van der Waals surface area contributed by atoms with Crippen molar-refractivity contribution < 1.29 is 4.79 Å². The third-order valence-corrected chi connectivity index (χ3v) is 4.31. The number of hydrogen-bond acceptors (Lipinski definition) is 5. The second-order valence-corrected chi connectivity index (χ2v) is 6.66. The molecule has 21 heavy (non-hydrogen) atoms. The second-order valence-electron chi connectivity index (χ2n) is 4.25. The Morgan fingerprint density at radius 1 is 1.33 bits per heavy atom. The second kappa shape index (κ2) is 5.79. The maximum absolute atomic E-state index is 12.5. The number of anilines is 2. The monoisotopic (exact) mass is 362 g/mol. The van der Waals surface area contributed by atoms with Crippen LogP contribution in [-0.4, -0.2) is 22.9 Å². The molecule has 2 heterocycles. The van der Waals surface area contributed by atoms with Crippen LogP contribution in [0.1, 0.15) is 10.4 Å². The zero-order chi connectivity index (χ0) is 14.8. The van der Waals surface area contributed by atoms with Crippen molar-refractivity contribution in [1.82, 2.24) is 9.97 Å². The lowest BCUT2D eigenvalue weighted by Gasteiger charge is -2.08. The maximum Gasteiger partial charge on any atom is 0.258 e. The molecule has 0 aliphatic carbocycles. The molecule has 5 nitrogen and oxygen atoms in total. The van der Waals surface area contributed by atoms with Gasteiger partial charge in [0, 0.05) is 12.4 Å². The number of thiazole rings is 1. The Balaban J connectivity index is 2.03. The first kappa shape index (κ1) is 14.0. The van der Waals surface area contributed by atoms with Gasteiger partial charge in [0.05, 0.1) is 21.1 Å². The fourth-order valence-corrected chi connectivity index (χ4v) is 3.07. The van der Waals surface area contributed by atoms with Crippen molar-refractivity contribution in [1.29, 1.82) is 0 Å². The first-order chi connectivity index (χ1) is 10.2. The summed E-state index contributed by atoms with van der Waals surface area (Å²) < 4.78 is 0.869. The van der Waals surface area contributed by atoms with Crippen LogP contribution in [0.5, 0.6) is 0 Å². The molecule has 0 spiro atoms. The molecule has 0 bridgehead atoms. The Labute approximate surface area is 133 Å². The molecule has 0 saturated heterocycles. The number of nitrogens with one attached hydrogen (secondary N) is 2. The first-order valence-electron chi connectivity index (χ1n) is 6.17. The number of benzene rings is 1. The van der Waals surface area contributed by atoms with Crippen molar-refractivity contribution in [3.8, 4) is 0 Å². The van der Waals surface area contributed by atoms with Gasteiger partial charge in [0.25, 0.3) is 5.91 Å². The first-order valence-corrected chi connectivity index (χ1v) is 7.78. The van der Waals surface area contributed by atoms with Gasteiger partial charge < -0.3 is 5.32 Å². The van der Waals surface area contributed by atoms with E-state index in [1.165, 1.54) is 11.3 Å². The van der Waals surface area contributed by atoms with Crippen molar-refractivity contribution in [2.75, 3.05) is 17.7 Å². The molecule has 0 fully saturated rings. The molecule has 0 aliphatic heterocycles. The summed E-state index contributed by atoms with van der Waals surface area (Å²) in [5.41, 5.74) is 1.34. The van der Waals surface area contributed by atoms with Gasteiger partial charge in [0.2, 0.25) is 0 Å². The van der Waals surface area contributed by atoms with E-state index in [9.17, 15) is 4.79 Å². The van der Waals surface area contributed by atoms with E-state index in [1.54, 1.807) is 19.3 Å². The molecule has 2 aromatic heterocycles. The Morgan fingerprint density at radius 3 is 2.86 bits per heavy atom. The van der Waals surface area contributed by atoms with E-state index < -0.39 is 0 Å². The zero-order valence-corrected chi connectivity index (χ0v) is 13.5. The van der Waals surface area contributed by atoms with Gasteiger partial charge in [-0.15, -0.1) is 0 Å². The largest absolute Gasteiger partial charge is 0.373 e. The minimum atomic E-state index is -0.202. The van der Waals surface area contributed by atoms with Crippen molar-refractivity contribution in [2.45, 2.75) is 0 Å². The van der Waals surface area contributed by atoms with Crippen LogP contribution in [0.2, 0.25) is 0 Å². The minimum Gasteiger partial charge on any atom is -0.373 e. The molecular formula is C14H11BrN4OS. The van der Waals surface area contributed by atoms with Gasteiger partial charge in [-0.1, -0.05) is 29.5 Å². The summed E-state index contributed by atoms with van der Waals surface area (Å²) in [7, 11) is 1.77. The molecule has 2 N–H and O–H groups in total. The van der Waals surface area contributed by atoms with Gasteiger partial charge >= 0.3 is 0 Å². The highest BCUT2D eigenvalue weighted by Crippen LogP contribution is 2.25. The molecule has 106 valence electrons. The summed E-state index contributed by atoms with van der Waals surface area (Å²) in [6.07, 6.45) is 1.66. The number of aromatic nitrogens is 2. The molecule has 0 unspecified atom stereocenters. The normalized spacial score (nSPS) is 10.6. The fraction of sp³-hybridized carbons (Fsp3) is 0.0714. The van der Waals surface area contributed by atoms with E-state index >= 15 is 0 Å². The molecular weight excluding hydrogens is 352 g/mol. The summed E-state index contributed by atoms with van der Waals surface area (Å²) in [5.74, 6) is 0.450. The Morgan fingerprint density at radius 2 is 2.14 bits per heavy atom. The number of carbonyl (C=O) groups is 1. The quantitative estimate of drug-likeness (QED) is 0.744. The molecule has 3 aromatic rings. The third kappa shape index (κ3) is 2.88. The molecule has 7 heteroatoms. The average molecular weight is 363 g/mol. The molecule has 1 amide bonds. The average Bonchev–Trinajstić information content (AvgIpc) is 2.91. The molecule has 1 aromatic carbocycles. The molecule has 0 saturated carbocycles. The SMILES string of the molecule is CNc1cc(C(=O)Nc2ncc(Br)s2)c2ccccc2n1. The number of carbonyl (C=O) groups excluding carboxylic acids is 1. The van der Waals surface area contributed by atoms with Crippen molar-refractivity contribution in [3.63, 3.8) is 0 Å². The van der Waals surface area contributed by atoms with E-state index in [1.807, 2.05) is 24.3 Å². The van der Waals surface area contributed by atoms with Crippen molar-refractivity contribution in [2.24, 2.45) is 0 Å². The van der Waals surface area contributed by atoms with Gasteiger partial charge in [0.15, 0.2) is 5.13 Å². The highest BCUT2D eigenvalue weighted by Gasteiger charge is 2.14. The lowest BCUT2D eigenvalue weighted by atomic mass is 10.1. The number of halogens is 1. The number of pyridine rings is 1. The van der Waals surface area contributed by atoms with Crippen LogP contribution in [-0.2, 0) is 0 Å². The van der Waals surface area contributed by atoms with Gasteiger partial charge in [-0.25, -0.2) is 9.97 Å². The lowest BCUT2D eigenvalue weighted by Crippen LogP contribution is -2.13. The zero-order valence-electron chi connectivity index (χ0n) is 11.1. The van der Waals surface area contributed by atoms with Crippen LogP contribution in [0.3, 0.4) is 0 Å². The summed E-state index contributed by atoms with van der Waals surface area (Å²) in [5, 5.41) is 7.14. The van der Waals surface area contributed by atoms with Crippen LogP contribution in [0.4, 0.5) is 10.9 Å². The van der Waals surface area contributed by atoms with Gasteiger partial charge in [-0.05, 0) is 28.1 Å². The maximum atomic E-state index is 12.5. The lowest BCUT2D eigenvalue weighted by molar-refractivity contribution is 0.102. The van der Waals surface area contributed by atoms with Crippen LogP contribution in [0.15, 0.2) is 40.3 Å². The number of amides is 1. The predicted molar refractivity (Wildman–Crippen MR) is 89.1 cm³/mol. The highest BCUT2D eigenvalue weighted by molar-refractivity contribution is 9.11.